The largest absolute Gasteiger partial charge is 0.372 e. The van der Waals surface area contributed by atoms with Gasteiger partial charge in [-0.05, 0) is 12.1 Å². The Bertz CT molecular complexity index is 581. The number of nitrogens with zero attached hydrogens (tertiary/aromatic N) is 4. The van der Waals surface area contributed by atoms with E-state index in [0.717, 1.165) is 11.4 Å². The highest BCUT2D eigenvalue weighted by atomic mass is 16.1. The number of aromatic nitrogens is 3. The van der Waals surface area contributed by atoms with E-state index in [0.29, 0.717) is 19.6 Å². The molecule has 0 saturated carbocycles. The highest BCUT2D eigenvalue weighted by molar-refractivity contribution is 5.41. The van der Waals surface area contributed by atoms with Crippen LogP contribution in [0.4, 0.5) is 5.69 Å². The Balaban J connectivity index is 2.18. The maximum Gasteiger partial charge on any atom is 0.269 e. The molecule has 0 atom stereocenters. The number of likely N-dealkylation sites (N-methyl/N-ethyl adjacent to an activating group) is 1. The average molecular weight is 259 g/mol. The predicted octanol–water partition coefficient (Wildman–Crippen LogP) is 0.0815. The molecule has 0 aliphatic heterocycles. The van der Waals surface area contributed by atoms with Crippen LogP contribution in [0.25, 0.3) is 0 Å². The van der Waals surface area contributed by atoms with Crippen molar-refractivity contribution < 1.29 is 0 Å². The van der Waals surface area contributed by atoms with Crippen LogP contribution in [0.3, 0.4) is 0 Å². The topological polar surface area (TPSA) is 77.0 Å². The van der Waals surface area contributed by atoms with Crippen LogP contribution >= 0.6 is 0 Å². The van der Waals surface area contributed by atoms with E-state index in [1.165, 1.54) is 4.68 Å². The van der Waals surface area contributed by atoms with Gasteiger partial charge in [-0.3, -0.25) is 9.78 Å². The second kappa shape index (κ2) is 6.10. The summed E-state index contributed by atoms with van der Waals surface area (Å²) in [6.45, 7) is 1.60. The summed E-state index contributed by atoms with van der Waals surface area (Å²) in [5, 5.41) is 4.16. The normalized spacial score (nSPS) is 10.4. The maximum atomic E-state index is 12.0. The van der Waals surface area contributed by atoms with Crippen molar-refractivity contribution in [1.29, 1.82) is 0 Å². The minimum absolute atomic E-state index is 0.146. The smallest absolute Gasteiger partial charge is 0.269 e. The van der Waals surface area contributed by atoms with E-state index in [-0.39, 0.29) is 5.56 Å². The van der Waals surface area contributed by atoms with Crippen molar-refractivity contribution >= 4 is 5.69 Å². The van der Waals surface area contributed by atoms with Crippen molar-refractivity contribution in [2.75, 3.05) is 25.0 Å². The molecule has 0 spiro atoms. The lowest BCUT2D eigenvalue weighted by molar-refractivity contribution is 0.626. The zero-order chi connectivity index (χ0) is 13.7. The third-order valence-corrected chi connectivity index (χ3v) is 2.80. The van der Waals surface area contributed by atoms with Gasteiger partial charge in [0.2, 0.25) is 0 Å². The molecular weight excluding hydrogens is 242 g/mol. The van der Waals surface area contributed by atoms with E-state index >= 15 is 0 Å². The molecule has 0 bridgehead atoms. The summed E-state index contributed by atoms with van der Waals surface area (Å²) in [4.78, 5) is 18.0. The van der Waals surface area contributed by atoms with Crippen LogP contribution in [-0.2, 0) is 6.54 Å². The minimum Gasteiger partial charge on any atom is -0.372 e. The first-order valence-corrected chi connectivity index (χ1v) is 6.09. The Morgan fingerprint density at radius 1 is 1.42 bits per heavy atom. The first-order chi connectivity index (χ1) is 9.20. The van der Waals surface area contributed by atoms with Gasteiger partial charge in [0.05, 0.1) is 24.1 Å². The predicted molar refractivity (Wildman–Crippen MR) is 74.2 cm³/mol. The van der Waals surface area contributed by atoms with Crippen molar-refractivity contribution in [3.8, 4) is 0 Å². The second-order valence-electron chi connectivity index (χ2n) is 4.24. The summed E-state index contributed by atoms with van der Waals surface area (Å²) in [7, 11) is 1.88. The van der Waals surface area contributed by atoms with Crippen LogP contribution in [0.5, 0.6) is 0 Å². The molecule has 6 nitrogen and oxygen atoms in total. The summed E-state index contributed by atoms with van der Waals surface area (Å²) in [6.07, 6.45) is 3.36. The summed E-state index contributed by atoms with van der Waals surface area (Å²) in [6, 6.07) is 7.15. The van der Waals surface area contributed by atoms with Crippen molar-refractivity contribution in [1.82, 2.24) is 14.8 Å². The van der Waals surface area contributed by atoms with Crippen molar-refractivity contribution in [2.45, 2.75) is 6.54 Å². The lowest BCUT2D eigenvalue weighted by Gasteiger charge is -2.17. The van der Waals surface area contributed by atoms with Crippen molar-refractivity contribution in [2.24, 2.45) is 5.73 Å². The standard InChI is InChI=1S/C13H17N5O/c1-17(7-5-14)12-8-13(19)18(16-9-12)10-11-4-2-3-6-15-11/h2-4,6,8-9H,5,7,10,14H2,1H3. The lowest BCUT2D eigenvalue weighted by atomic mass is 10.3. The Morgan fingerprint density at radius 3 is 2.89 bits per heavy atom. The first kappa shape index (κ1) is 13.2. The molecular formula is C13H17N5O. The molecule has 6 heteroatoms. The van der Waals surface area contributed by atoms with Gasteiger partial charge in [0.1, 0.15) is 0 Å². The number of rotatable bonds is 5. The number of hydrogen-bond acceptors (Lipinski definition) is 5. The Hall–Kier alpha value is -2.21. The monoisotopic (exact) mass is 259 g/mol. The molecule has 0 amide bonds. The van der Waals surface area contributed by atoms with Crippen LogP contribution in [0, 0.1) is 0 Å². The van der Waals surface area contributed by atoms with Crippen molar-refractivity contribution in [3.63, 3.8) is 0 Å². The molecule has 0 aliphatic carbocycles. The van der Waals surface area contributed by atoms with Gasteiger partial charge in [-0.1, -0.05) is 6.07 Å². The van der Waals surface area contributed by atoms with E-state index in [9.17, 15) is 4.79 Å². The molecule has 0 radical (unpaired) electrons. The van der Waals surface area contributed by atoms with E-state index in [4.69, 9.17) is 5.73 Å². The zero-order valence-electron chi connectivity index (χ0n) is 10.9. The van der Waals surface area contributed by atoms with Gasteiger partial charge in [0, 0.05) is 32.4 Å². The summed E-state index contributed by atoms with van der Waals surface area (Å²) in [5.41, 5.74) is 6.91. The zero-order valence-corrected chi connectivity index (χ0v) is 10.9. The third kappa shape index (κ3) is 3.38. The third-order valence-electron chi connectivity index (χ3n) is 2.80. The first-order valence-electron chi connectivity index (χ1n) is 6.09. The molecule has 2 aromatic heterocycles. The van der Waals surface area contributed by atoms with Crippen LogP contribution in [0.15, 0.2) is 41.5 Å². The fourth-order valence-corrected chi connectivity index (χ4v) is 1.72. The van der Waals surface area contributed by atoms with E-state index in [2.05, 4.69) is 10.1 Å². The molecule has 2 heterocycles. The molecule has 2 N–H and O–H groups in total. The van der Waals surface area contributed by atoms with Gasteiger partial charge in [-0.15, -0.1) is 0 Å². The lowest BCUT2D eigenvalue weighted by Crippen LogP contribution is -2.29. The minimum atomic E-state index is -0.146. The molecule has 0 aliphatic rings. The van der Waals surface area contributed by atoms with E-state index in [1.807, 2.05) is 30.1 Å². The number of hydrogen-bond donors (Lipinski definition) is 1. The molecule has 100 valence electrons. The molecule has 2 aromatic rings. The van der Waals surface area contributed by atoms with Gasteiger partial charge in [0.15, 0.2) is 0 Å². The highest BCUT2D eigenvalue weighted by Gasteiger charge is 2.05. The van der Waals surface area contributed by atoms with Crippen LogP contribution in [0.2, 0.25) is 0 Å². The molecule has 0 fully saturated rings. The fraction of sp³-hybridized carbons (Fsp3) is 0.308. The molecule has 2 rings (SSSR count). The molecule has 0 aromatic carbocycles. The van der Waals surface area contributed by atoms with Gasteiger partial charge in [0.25, 0.3) is 5.56 Å². The quantitative estimate of drug-likeness (QED) is 0.823. The van der Waals surface area contributed by atoms with E-state index < -0.39 is 0 Å². The number of nitrogens with two attached hydrogens (primary N) is 1. The molecule has 19 heavy (non-hydrogen) atoms. The molecule has 0 saturated heterocycles. The second-order valence-corrected chi connectivity index (χ2v) is 4.24. The average Bonchev–Trinajstić information content (AvgIpc) is 2.42. The number of pyridine rings is 1. The summed E-state index contributed by atoms with van der Waals surface area (Å²) in [5.74, 6) is 0. The van der Waals surface area contributed by atoms with Gasteiger partial charge in [-0.25, -0.2) is 4.68 Å². The van der Waals surface area contributed by atoms with E-state index in [1.54, 1.807) is 18.5 Å². The summed E-state index contributed by atoms with van der Waals surface area (Å²) < 4.78 is 1.39. The fourth-order valence-electron chi connectivity index (χ4n) is 1.72. The van der Waals surface area contributed by atoms with Gasteiger partial charge in [-0.2, -0.15) is 5.10 Å². The highest BCUT2D eigenvalue weighted by Crippen LogP contribution is 2.06. The maximum absolute atomic E-state index is 12.0. The molecule has 0 unspecified atom stereocenters. The van der Waals surface area contributed by atoms with Gasteiger partial charge < -0.3 is 10.6 Å². The van der Waals surface area contributed by atoms with Gasteiger partial charge >= 0.3 is 0 Å². The summed E-state index contributed by atoms with van der Waals surface area (Å²) >= 11 is 0. The SMILES string of the molecule is CN(CCN)c1cnn(Cc2ccccn2)c(=O)c1. The Morgan fingerprint density at radius 2 is 2.26 bits per heavy atom. The Labute approximate surface area is 111 Å². The Kier molecular flexibility index (Phi) is 4.25. The van der Waals surface area contributed by atoms with Crippen LogP contribution < -0.4 is 16.2 Å². The number of anilines is 1. The van der Waals surface area contributed by atoms with Crippen LogP contribution in [-0.4, -0.2) is 34.9 Å². The van der Waals surface area contributed by atoms with Crippen LogP contribution in [0.1, 0.15) is 5.69 Å². The van der Waals surface area contributed by atoms with Crippen molar-refractivity contribution in [3.05, 3.63) is 52.7 Å².